The number of piperazine rings is 1. The molecule has 0 bridgehead atoms. The SMILES string of the molecule is Cc1cccc(-c2ccc(-c3cc4cnc(NC(C)C)nc4n(CCN4CCNCC4)c3=O)c(Cl)c2)n1. The molecule has 0 saturated carbocycles. The zero-order valence-corrected chi connectivity index (χ0v) is 22.2. The van der Waals surface area contributed by atoms with E-state index in [1.165, 1.54) is 0 Å². The van der Waals surface area contributed by atoms with Gasteiger partial charge in [0.15, 0.2) is 0 Å². The van der Waals surface area contributed by atoms with Crippen molar-refractivity contribution < 1.29 is 0 Å². The molecule has 4 heterocycles. The van der Waals surface area contributed by atoms with Crippen LogP contribution in [-0.4, -0.2) is 63.2 Å². The minimum Gasteiger partial charge on any atom is -0.352 e. The van der Waals surface area contributed by atoms with Crippen LogP contribution in [0.4, 0.5) is 5.95 Å². The van der Waals surface area contributed by atoms with Gasteiger partial charge in [0.1, 0.15) is 5.65 Å². The summed E-state index contributed by atoms with van der Waals surface area (Å²) in [6.07, 6.45) is 1.77. The van der Waals surface area contributed by atoms with E-state index < -0.39 is 0 Å². The van der Waals surface area contributed by atoms with Crippen molar-refractivity contribution in [2.45, 2.75) is 33.4 Å². The third-order valence-corrected chi connectivity index (χ3v) is 6.85. The van der Waals surface area contributed by atoms with Crippen molar-refractivity contribution in [1.82, 2.24) is 29.7 Å². The zero-order valence-electron chi connectivity index (χ0n) is 21.5. The second-order valence-corrected chi connectivity index (χ2v) is 10.1. The molecule has 0 spiro atoms. The number of benzene rings is 1. The van der Waals surface area contributed by atoms with Crippen LogP contribution in [0.15, 0.2) is 53.5 Å². The number of fused-ring (bicyclic) bond motifs is 1. The maximum Gasteiger partial charge on any atom is 0.260 e. The Hall–Kier alpha value is -3.33. The van der Waals surface area contributed by atoms with E-state index in [4.69, 9.17) is 16.6 Å². The molecule has 1 aliphatic heterocycles. The first-order valence-electron chi connectivity index (χ1n) is 12.7. The standard InChI is InChI=1S/C28H32ClN7O/c1-18(2)32-28-31-17-21-15-23(22-8-7-20(16-24(22)29)25-6-4-5-19(3)33-25)27(37)36(26(21)34-28)14-13-35-11-9-30-10-12-35/h4-8,15-18,30H,9-14H2,1-3H3,(H,31,32,34). The highest BCUT2D eigenvalue weighted by Gasteiger charge is 2.18. The quantitative estimate of drug-likeness (QED) is 0.379. The van der Waals surface area contributed by atoms with Crippen LogP contribution in [0.3, 0.4) is 0 Å². The Kier molecular flexibility index (Phi) is 7.50. The van der Waals surface area contributed by atoms with Crippen molar-refractivity contribution in [3.63, 3.8) is 0 Å². The molecule has 1 aliphatic rings. The molecule has 2 N–H and O–H groups in total. The largest absolute Gasteiger partial charge is 0.352 e. The first-order valence-corrected chi connectivity index (χ1v) is 13.1. The van der Waals surface area contributed by atoms with Gasteiger partial charge >= 0.3 is 0 Å². The maximum absolute atomic E-state index is 13.9. The van der Waals surface area contributed by atoms with Gasteiger partial charge in [-0.1, -0.05) is 29.8 Å². The van der Waals surface area contributed by atoms with Crippen LogP contribution in [0.25, 0.3) is 33.4 Å². The lowest BCUT2D eigenvalue weighted by Crippen LogP contribution is -2.45. The van der Waals surface area contributed by atoms with E-state index in [-0.39, 0.29) is 11.6 Å². The lowest BCUT2D eigenvalue weighted by molar-refractivity contribution is 0.232. The van der Waals surface area contributed by atoms with Crippen LogP contribution >= 0.6 is 11.6 Å². The monoisotopic (exact) mass is 517 g/mol. The van der Waals surface area contributed by atoms with Gasteiger partial charge in [-0.25, -0.2) is 4.98 Å². The second-order valence-electron chi connectivity index (χ2n) is 9.74. The summed E-state index contributed by atoms with van der Waals surface area (Å²) in [7, 11) is 0. The van der Waals surface area contributed by atoms with E-state index in [1.54, 1.807) is 10.8 Å². The van der Waals surface area contributed by atoms with Gasteiger partial charge in [0.05, 0.1) is 5.69 Å². The van der Waals surface area contributed by atoms with Gasteiger partial charge in [-0.3, -0.25) is 19.2 Å². The number of nitrogens with one attached hydrogen (secondary N) is 2. The molecule has 8 nitrogen and oxygen atoms in total. The number of rotatable bonds is 7. The summed E-state index contributed by atoms with van der Waals surface area (Å²) in [4.78, 5) is 30.1. The summed E-state index contributed by atoms with van der Waals surface area (Å²) in [5.74, 6) is 0.513. The van der Waals surface area contributed by atoms with Crippen molar-refractivity contribution in [3.05, 3.63) is 69.7 Å². The lowest BCUT2D eigenvalue weighted by atomic mass is 10.0. The summed E-state index contributed by atoms with van der Waals surface area (Å²) in [5, 5.41) is 7.92. The predicted octanol–water partition coefficient (Wildman–Crippen LogP) is 4.21. The topological polar surface area (TPSA) is 88.0 Å². The average Bonchev–Trinajstić information content (AvgIpc) is 2.88. The van der Waals surface area contributed by atoms with E-state index in [1.807, 2.05) is 63.2 Å². The predicted molar refractivity (Wildman–Crippen MR) is 150 cm³/mol. The lowest BCUT2D eigenvalue weighted by Gasteiger charge is -2.27. The first kappa shape index (κ1) is 25.3. The fourth-order valence-electron chi connectivity index (χ4n) is 4.66. The summed E-state index contributed by atoms with van der Waals surface area (Å²) < 4.78 is 1.77. The fourth-order valence-corrected chi connectivity index (χ4v) is 4.94. The Labute approximate surface area is 221 Å². The van der Waals surface area contributed by atoms with Crippen molar-refractivity contribution in [2.24, 2.45) is 0 Å². The summed E-state index contributed by atoms with van der Waals surface area (Å²) in [6, 6.07) is 13.7. The highest BCUT2D eigenvalue weighted by molar-refractivity contribution is 6.33. The van der Waals surface area contributed by atoms with E-state index in [0.717, 1.165) is 55.1 Å². The molecule has 37 heavy (non-hydrogen) atoms. The van der Waals surface area contributed by atoms with Crippen molar-refractivity contribution >= 4 is 28.6 Å². The van der Waals surface area contributed by atoms with Gasteiger partial charge in [0.2, 0.25) is 5.95 Å². The van der Waals surface area contributed by atoms with E-state index in [9.17, 15) is 4.79 Å². The van der Waals surface area contributed by atoms with Crippen LogP contribution in [0.2, 0.25) is 5.02 Å². The highest BCUT2D eigenvalue weighted by atomic mass is 35.5. The van der Waals surface area contributed by atoms with Gasteiger partial charge in [-0.2, -0.15) is 4.98 Å². The van der Waals surface area contributed by atoms with Gasteiger partial charge in [-0.15, -0.1) is 0 Å². The molecular formula is C28H32ClN7O. The number of nitrogens with zero attached hydrogens (tertiary/aromatic N) is 5. The van der Waals surface area contributed by atoms with Crippen molar-refractivity contribution in [1.29, 1.82) is 0 Å². The molecular weight excluding hydrogens is 486 g/mol. The van der Waals surface area contributed by atoms with Crippen molar-refractivity contribution in [2.75, 3.05) is 38.0 Å². The fraction of sp³-hybridized carbons (Fsp3) is 0.357. The molecule has 5 rings (SSSR count). The van der Waals surface area contributed by atoms with E-state index >= 15 is 0 Å². The molecule has 0 radical (unpaired) electrons. The van der Waals surface area contributed by atoms with Crippen LogP contribution in [0.1, 0.15) is 19.5 Å². The molecule has 0 unspecified atom stereocenters. The molecule has 4 aromatic rings. The Balaban J connectivity index is 1.58. The number of halogens is 1. The van der Waals surface area contributed by atoms with Gasteiger partial charge < -0.3 is 10.6 Å². The molecule has 0 atom stereocenters. The van der Waals surface area contributed by atoms with E-state index in [0.29, 0.717) is 34.3 Å². The molecule has 3 aromatic heterocycles. The molecule has 9 heteroatoms. The molecule has 0 amide bonds. The Morgan fingerprint density at radius 2 is 1.86 bits per heavy atom. The number of hydrogen-bond donors (Lipinski definition) is 2. The maximum atomic E-state index is 13.9. The summed E-state index contributed by atoms with van der Waals surface area (Å²) >= 11 is 6.78. The zero-order chi connectivity index (χ0) is 25.9. The molecule has 1 fully saturated rings. The number of pyridine rings is 2. The Morgan fingerprint density at radius 3 is 2.59 bits per heavy atom. The Morgan fingerprint density at radius 1 is 1.05 bits per heavy atom. The molecule has 192 valence electrons. The molecule has 1 aromatic carbocycles. The van der Waals surface area contributed by atoms with Gasteiger partial charge in [0, 0.05) is 84.3 Å². The van der Waals surface area contributed by atoms with Crippen LogP contribution < -0.4 is 16.2 Å². The van der Waals surface area contributed by atoms with Crippen molar-refractivity contribution in [3.8, 4) is 22.4 Å². The smallest absolute Gasteiger partial charge is 0.260 e. The van der Waals surface area contributed by atoms with E-state index in [2.05, 4.69) is 25.5 Å². The highest BCUT2D eigenvalue weighted by Crippen LogP contribution is 2.31. The Bertz CT molecular complexity index is 1480. The molecule has 1 saturated heterocycles. The van der Waals surface area contributed by atoms with Crippen LogP contribution in [0, 0.1) is 6.92 Å². The minimum absolute atomic E-state index is 0.111. The van der Waals surface area contributed by atoms with Crippen LogP contribution in [-0.2, 0) is 6.54 Å². The van der Waals surface area contributed by atoms with Gasteiger partial charge in [0.25, 0.3) is 5.56 Å². The van der Waals surface area contributed by atoms with Gasteiger partial charge in [-0.05, 0) is 45.0 Å². The number of aromatic nitrogens is 4. The second kappa shape index (κ2) is 11.0. The molecule has 0 aliphatic carbocycles. The minimum atomic E-state index is -0.111. The average molecular weight is 518 g/mol. The third kappa shape index (κ3) is 5.66. The summed E-state index contributed by atoms with van der Waals surface area (Å²) in [5.41, 5.74) is 4.42. The number of anilines is 1. The first-order chi connectivity index (χ1) is 17.9. The summed E-state index contributed by atoms with van der Waals surface area (Å²) in [6.45, 7) is 11.2. The third-order valence-electron chi connectivity index (χ3n) is 6.54. The van der Waals surface area contributed by atoms with Crippen LogP contribution in [0.5, 0.6) is 0 Å². The normalized spacial score (nSPS) is 14.4. The number of hydrogen-bond acceptors (Lipinski definition) is 7. The number of aryl methyl sites for hydroxylation is 1.